The van der Waals surface area contributed by atoms with Gasteiger partial charge in [-0.05, 0) is 104 Å². The van der Waals surface area contributed by atoms with Crippen LogP contribution in [0.5, 0.6) is 0 Å². The highest BCUT2D eigenvalue weighted by atomic mass is 16.3. The fourth-order valence-corrected chi connectivity index (χ4v) is 8.26. The lowest BCUT2D eigenvalue weighted by Gasteiger charge is -2.28. The van der Waals surface area contributed by atoms with Gasteiger partial charge in [0.1, 0.15) is 11.2 Å². The van der Waals surface area contributed by atoms with Crippen LogP contribution in [0.15, 0.2) is 229 Å². The Hall–Kier alpha value is -7.68. The van der Waals surface area contributed by atoms with Gasteiger partial charge in [0.05, 0.1) is 11.2 Å². The Morgan fingerprint density at radius 2 is 0.931 bits per heavy atom. The van der Waals surface area contributed by atoms with Crippen molar-refractivity contribution in [2.75, 3.05) is 4.90 Å². The quantitative estimate of drug-likeness (QED) is 0.162. The van der Waals surface area contributed by atoms with E-state index in [4.69, 9.17) is 4.42 Å². The topological polar surface area (TPSA) is 16.4 Å². The van der Waals surface area contributed by atoms with Gasteiger partial charge in [-0.1, -0.05) is 176 Å². The highest BCUT2D eigenvalue weighted by molar-refractivity contribution is 6.15. The monoisotopic (exact) mass is 743 g/mol. The average Bonchev–Trinajstić information content (AvgIpc) is 3.71. The van der Waals surface area contributed by atoms with Crippen molar-refractivity contribution >= 4 is 60.5 Å². The molecule has 1 aromatic heterocycles. The molecule has 0 N–H and O–H groups in total. The van der Waals surface area contributed by atoms with E-state index in [9.17, 15) is 5.48 Å². The first-order chi connectivity index (χ1) is 30.4. The molecule has 0 unspecified atom stereocenters. The van der Waals surface area contributed by atoms with Crippen molar-refractivity contribution in [2.45, 2.75) is 0 Å². The molecule has 0 atom stereocenters. The fourth-order valence-electron chi connectivity index (χ4n) is 8.26. The van der Waals surface area contributed by atoms with Crippen LogP contribution in [0, 0.1) is 0 Å². The highest BCUT2D eigenvalue weighted by Crippen LogP contribution is 2.44. The molecule has 0 bridgehead atoms. The third-order valence-electron chi connectivity index (χ3n) is 11.2. The molecule has 11 rings (SSSR count). The fraction of sp³-hybridized carbons (Fsp3) is 0. The Kier molecular flexibility index (Phi) is 7.20. The molecule has 0 spiro atoms. The van der Waals surface area contributed by atoms with Gasteiger partial charge in [-0.25, -0.2) is 0 Å². The molecule has 2 heteroatoms. The van der Waals surface area contributed by atoms with Crippen LogP contribution in [-0.4, -0.2) is 0 Å². The standard InChI is InChI=1S/C56H37NO/c1-2-11-38(12-3-1)40-25-31-46(32-26-40)57(47-33-27-41(28-34-47)39-21-23-44(24-22-39)49-19-10-15-42-13-4-6-16-48(42)49)54-20-9-8-17-50(54)45-30-36-55-53(37-45)52-35-29-43-14-5-7-18-51(43)56(52)58-55/h1-37H/i27D,28D,33D,34D. The van der Waals surface area contributed by atoms with E-state index in [1.807, 2.05) is 138 Å². The summed E-state index contributed by atoms with van der Waals surface area (Å²) in [4.78, 5) is 1.88. The zero-order valence-electron chi connectivity index (χ0n) is 35.4. The van der Waals surface area contributed by atoms with Crippen molar-refractivity contribution in [3.05, 3.63) is 224 Å². The van der Waals surface area contributed by atoms with Gasteiger partial charge < -0.3 is 9.32 Å². The zero-order valence-corrected chi connectivity index (χ0v) is 31.4. The average molecular weight is 744 g/mol. The van der Waals surface area contributed by atoms with Crippen molar-refractivity contribution in [1.29, 1.82) is 0 Å². The second-order valence-corrected chi connectivity index (χ2v) is 14.6. The first kappa shape index (κ1) is 29.6. The number of hydrogen-bond donors (Lipinski definition) is 0. The number of anilines is 3. The molecule has 0 aliphatic rings. The van der Waals surface area contributed by atoms with Crippen molar-refractivity contribution < 1.29 is 9.90 Å². The number of furan rings is 1. The molecule has 58 heavy (non-hydrogen) atoms. The van der Waals surface area contributed by atoms with E-state index in [1.54, 1.807) is 0 Å². The minimum Gasteiger partial charge on any atom is -0.455 e. The summed E-state index contributed by atoms with van der Waals surface area (Å²) < 4.78 is 44.8. The molecule has 2 nitrogen and oxygen atoms in total. The summed E-state index contributed by atoms with van der Waals surface area (Å²) in [6, 6.07) is 66.6. The molecule has 1 heterocycles. The molecule has 0 saturated carbocycles. The molecule has 0 amide bonds. The zero-order chi connectivity index (χ0) is 41.9. The number of fused-ring (bicyclic) bond motifs is 6. The summed E-state index contributed by atoms with van der Waals surface area (Å²) in [5.41, 5.74) is 10.1. The number of benzene rings is 10. The largest absolute Gasteiger partial charge is 0.455 e. The first-order valence-corrected chi connectivity index (χ1v) is 19.5. The second-order valence-electron chi connectivity index (χ2n) is 14.6. The maximum Gasteiger partial charge on any atom is 0.143 e. The number of nitrogens with zero attached hydrogens (tertiary/aromatic N) is 1. The Labute approximate surface area is 343 Å². The SMILES string of the molecule is [2H]c1c([2H])c(N(c2ccc(-c3ccccc3)cc2)c2ccccc2-c2ccc3oc4c5ccccc5ccc4c3c2)c([2H])c([2H])c1-c1ccc(-c2cccc3ccccc23)cc1. The normalized spacial score (nSPS) is 12.4. The minimum absolute atomic E-state index is 0.110. The molecular weight excluding hydrogens is 703 g/mol. The van der Waals surface area contributed by atoms with Crippen molar-refractivity contribution in [2.24, 2.45) is 0 Å². The van der Waals surface area contributed by atoms with E-state index in [1.165, 1.54) is 0 Å². The van der Waals surface area contributed by atoms with E-state index >= 15 is 0 Å². The summed E-state index contributed by atoms with van der Waals surface area (Å²) in [6.45, 7) is 0. The van der Waals surface area contributed by atoms with Crippen LogP contribution in [0.2, 0.25) is 0 Å². The number of hydrogen-bond acceptors (Lipinski definition) is 2. The summed E-state index contributed by atoms with van der Waals surface area (Å²) in [5.74, 6) is 0. The van der Waals surface area contributed by atoms with Gasteiger partial charge in [-0.15, -0.1) is 0 Å². The van der Waals surface area contributed by atoms with E-state index in [0.717, 1.165) is 76.9 Å². The number of para-hydroxylation sites is 1. The van der Waals surface area contributed by atoms with Crippen LogP contribution in [0.4, 0.5) is 17.1 Å². The maximum atomic E-state index is 9.67. The molecule has 272 valence electrons. The van der Waals surface area contributed by atoms with E-state index < -0.39 is 0 Å². The second kappa shape index (κ2) is 14.1. The van der Waals surface area contributed by atoms with Gasteiger partial charge in [0.2, 0.25) is 0 Å². The minimum atomic E-state index is -0.135. The maximum absolute atomic E-state index is 9.67. The molecule has 0 radical (unpaired) electrons. The highest BCUT2D eigenvalue weighted by Gasteiger charge is 2.19. The van der Waals surface area contributed by atoms with Crippen LogP contribution in [-0.2, 0) is 0 Å². The smallest absolute Gasteiger partial charge is 0.143 e. The van der Waals surface area contributed by atoms with Crippen LogP contribution in [0.1, 0.15) is 5.48 Å². The summed E-state index contributed by atoms with van der Waals surface area (Å²) in [5, 5.41) is 6.46. The predicted octanol–water partition coefficient (Wildman–Crippen LogP) is 16.0. The van der Waals surface area contributed by atoms with Crippen LogP contribution >= 0.6 is 0 Å². The van der Waals surface area contributed by atoms with Crippen molar-refractivity contribution in [3.8, 4) is 44.5 Å². The van der Waals surface area contributed by atoms with Crippen molar-refractivity contribution in [3.63, 3.8) is 0 Å². The molecule has 0 aliphatic carbocycles. The van der Waals surface area contributed by atoms with E-state index in [2.05, 4.69) is 66.7 Å². The Morgan fingerprint density at radius 1 is 0.345 bits per heavy atom. The van der Waals surface area contributed by atoms with E-state index in [-0.39, 0.29) is 35.4 Å². The summed E-state index contributed by atoms with van der Waals surface area (Å²) in [7, 11) is 0. The summed E-state index contributed by atoms with van der Waals surface area (Å²) in [6.07, 6.45) is 0. The molecule has 0 aliphatic heterocycles. The Bertz CT molecular complexity index is 3470. The predicted molar refractivity (Wildman–Crippen MR) is 245 cm³/mol. The Morgan fingerprint density at radius 3 is 1.74 bits per heavy atom. The lowest BCUT2D eigenvalue weighted by atomic mass is 9.96. The lowest BCUT2D eigenvalue weighted by molar-refractivity contribution is 0.672. The van der Waals surface area contributed by atoms with E-state index in [0.29, 0.717) is 16.9 Å². The molecule has 0 fully saturated rings. The van der Waals surface area contributed by atoms with Gasteiger partial charge in [0.15, 0.2) is 0 Å². The van der Waals surface area contributed by atoms with Gasteiger partial charge in [-0.3, -0.25) is 0 Å². The Balaban J connectivity index is 1.07. The van der Waals surface area contributed by atoms with Gasteiger partial charge in [0, 0.05) is 33.1 Å². The third kappa shape index (κ3) is 5.91. The van der Waals surface area contributed by atoms with Crippen molar-refractivity contribution in [1.82, 2.24) is 0 Å². The molecule has 0 saturated heterocycles. The van der Waals surface area contributed by atoms with Crippen LogP contribution in [0.3, 0.4) is 0 Å². The van der Waals surface area contributed by atoms with Gasteiger partial charge in [0.25, 0.3) is 0 Å². The van der Waals surface area contributed by atoms with Crippen LogP contribution < -0.4 is 4.90 Å². The third-order valence-corrected chi connectivity index (χ3v) is 11.2. The molecular formula is C56H37NO. The van der Waals surface area contributed by atoms with Crippen LogP contribution in [0.25, 0.3) is 88.0 Å². The summed E-state index contributed by atoms with van der Waals surface area (Å²) >= 11 is 0. The van der Waals surface area contributed by atoms with Gasteiger partial charge >= 0.3 is 0 Å². The number of rotatable bonds is 7. The first-order valence-electron chi connectivity index (χ1n) is 21.5. The lowest BCUT2D eigenvalue weighted by Crippen LogP contribution is -2.11. The molecule has 10 aromatic carbocycles. The van der Waals surface area contributed by atoms with Gasteiger partial charge in [-0.2, -0.15) is 0 Å². The molecule has 11 aromatic rings.